The van der Waals surface area contributed by atoms with Crippen LogP contribution in [0.2, 0.25) is 0 Å². The molecule has 0 unspecified atom stereocenters. The maximum absolute atomic E-state index is 12.6. The number of nitrogens with one attached hydrogen (secondary N) is 1. The fourth-order valence-electron chi connectivity index (χ4n) is 2.61. The van der Waals surface area contributed by atoms with E-state index in [9.17, 15) is 9.36 Å². The van der Waals surface area contributed by atoms with Gasteiger partial charge in [-0.1, -0.05) is 6.58 Å². The number of rotatable bonds is 7. The summed E-state index contributed by atoms with van der Waals surface area (Å²) in [5.74, 6) is 0.223. The number of phosphoric ester groups is 1. The second-order valence-electron chi connectivity index (χ2n) is 5.43. The van der Waals surface area contributed by atoms with Gasteiger partial charge in [0.1, 0.15) is 18.2 Å². The molecule has 3 N–H and O–H groups in total. The first-order chi connectivity index (χ1) is 12.4. The lowest BCUT2D eigenvalue weighted by Crippen LogP contribution is -2.15. The van der Waals surface area contributed by atoms with Crippen molar-refractivity contribution < 1.29 is 22.9 Å². The Balaban J connectivity index is 1.84. The van der Waals surface area contributed by atoms with Crippen molar-refractivity contribution in [3.63, 3.8) is 0 Å². The summed E-state index contributed by atoms with van der Waals surface area (Å²) in [4.78, 5) is 22.4. The van der Waals surface area contributed by atoms with E-state index in [-0.39, 0.29) is 42.5 Å². The molecule has 0 spiro atoms. The van der Waals surface area contributed by atoms with Crippen LogP contribution in [-0.2, 0) is 22.9 Å². The number of phosphoric acid groups is 1. The minimum atomic E-state index is -3.73. The molecule has 3 heterocycles. The minimum Gasteiger partial charge on any atom is -0.472 e. The number of nitrogens with zero attached hydrogens (tertiary/aromatic N) is 3. The highest BCUT2D eigenvalue weighted by Gasteiger charge is 2.39. The highest BCUT2D eigenvalue weighted by Crippen LogP contribution is 2.53. The Labute approximate surface area is 148 Å². The third-order valence-electron chi connectivity index (χ3n) is 3.65. The van der Waals surface area contributed by atoms with Gasteiger partial charge in [0, 0.05) is 6.42 Å². The number of H-pyrrole nitrogens is 1. The van der Waals surface area contributed by atoms with Crippen molar-refractivity contribution in [1.82, 2.24) is 19.5 Å². The zero-order chi connectivity index (χ0) is 18.9. The summed E-state index contributed by atoms with van der Waals surface area (Å²) in [6.45, 7) is 7.49. The fourth-order valence-corrected chi connectivity index (χ4v) is 3.95. The normalized spacial score (nSPS) is 20.6. The third kappa shape index (κ3) is 3.51. The van der Waals surface area contributed by atoms with Crippen molar-refractivity contribution in [2.75, 3.05) is 18.9 Å². The number of imidazole rings is 1. The van der Waals surface area contributed by atoms with Gasteiger partial charge in [-0.15, -0.1) is 0 Å². The molecule has 1 aliphatic heterocycles. The second-order valence-corrected chi connectivity index (χ2v) is 7.05. The molecule has 0 aliphatic carbocycles. The molecule has 0 saturated carbocycles. The van der Waals surface area contributed by atoms with E-state index in [0.717, 1.165) is 0 Å². The third-order valence-corrected chi connectivity index (χ3v) is 5.32. The highest BCUT2D eigenvalue weighted by atomic mass is 31.2. The van der Waals surface area contributed by atoms with Crippen LogP contribution in [0.1, 0.15) is 26.5 Å². The molecule has 142 valence electrons. The van der Waals surface area contributed by atoms with Gasteiger partial charge in [0.05, 0.1) is 13.2 Å². The first-order valence-corrected chi connectivity index (χ1v) is 9.48. The minimum absolute atomic E-state index is 0.0360. The monoisotopic (exact) mass is 385 g/mol. The van der Waals surface area contributed by atoms with Gasteiger partial charge in [0.15, 0.2) is 17.4 Å². The SMILES string of the molecule is C=C1O[C@@H](n2cnc3c(=O)[nH]c(N)nc32)C[C@@H]1OP(=O)(OCC)OCC. The van der Waals surface area contributed by atoms with Crippen LogP contribution in [0, 0.1) is 0 Å². The Morgan fingerprint density at radius 2 is 2.15 bits per heavy atom. The van der Waals surface area contributed by atoms with Crippen LogP contribution in [0.4, 0.5) is 5.95 Å². The number of aromatic amines is 1. The Bertz CT molecular complexity index is 914. The van der Waals surface area contributed by atoms with Crippen LogP contribution in [-0.4, -0.2) is 38.8 Å². The summed E-state index contributed by atoms with van der Waals surface area (Å²) >= 11 is 0. The van der Waals surface area contributed by atoms with Crippen molar-refractivity contribution in [2.24, 2.45) is 0 Å². The average Bonchev–Trinajstić information content (AvgIpc) is 3.12. The number of aromatic nitrogens is 4. The molecule has 1 saturated heterocycles. The molecular weight excluding hydrogens is 365 g/mol. The molecule has 0 aromatic carbocycles. The van der Waals surface area contributed by atoms with Gasteiger partial charge in [-0.3, -0.25) is 27.9 Å². The smallest absolute Gasteiger partial charge is 0.472 e. The first-order valence-electron chi connectivity index (χ1n) is 8.02. The predicted molar refractivity (Wildman–Crippen MR) is 92.2 cm³/mol. The molecule has 3 rings (SSSR count). The Hall–Kier alpha value is -2.20. The standard InChI is InChI=1S/C14H20N5O6P/c1-4-22-26(21,23-5-2)25-9-6-10(24-8(9)3)19-7-16-11-12(19)17-14(15)18-13(11)20/h7,9-10H,3-6H2,1-2H3,(H3,15,17,18,20)/t9-,10+/m0/s1. The largest absolute Gasteiger partial charge is 0.475 e. The van der Waals surface area contributed by atoms with Gasteiger partial charge in [-0.05, 0) is 13.8 Å². The van der Waals surface area contributed by atoms with Crippen molar-refractivity contribution in [2.45, 2.75) is 32.6 Å². The van der Waals surface area contributed by atoms with E-state index >= 15 is 0 Å². The number of hydrogen-bond donors (Lipinski definition) is 2. The molecule has 0 radical (unpaired) electrons. The van der Waals surface area contributed by atoms with Crippen molar-refractivity contribution in [1.29, 1.82) is 0 Å². The Kier molecular flexibility index (Phi) is 5.15. The quantitative estimate of drug-likeness (QED) is 0.680. The lowest BCUT2D eigenvalue weighted by Gasteiger charge is -2.19. The molecular formula is C14H20N5O6P. The fraction of sp³-hybridized carbons (Fsp3) is 0.500. The van der Waals surface area contributed by atoms with Crippen molar-refractivity contribution >= 4 is 24.9 Å². The molecule has 2 aromatic heterocycles. The maximum Gasteiger partial charge on any atom is 0.475 e. The number of hydrogen-bond acceptors (Lipinski definition) is 9. The summed E-state index contributed by atoms with van der Waals surface area (Å²) in [6, 6.07) is 0. The van der Waals surface area contributed by atoms with Crippen LogP contribution < -0.4 is 11.3 Å². The molecule has 26 heavy (non-hydrogen) atoms. The van der Waals surface area contributed by atoms with E-state index in [0.29, 0.717) is 0 Å². The number of nitrogens with two attached hydrogens (primary N) is 1. The summed E-state index contributed by atoms with van der Waals surface area (Å²) in [7, 11) is -3.73. The van der Waals surface area contributed by atoms with E-state index < -0.39 is 25.7 Å². The van der Waals surface area contributed by atoms with Gasteiger partial charge >= 0.3 is 7.82 Å². The van der Waals surface area contributed by atoms with E-state index in [2.05, 4.69) is 21.5 Å². The molecule has 0 bridgehead atoms. The molecule has 11 nitrogen and oxygen atoms in total. The topological polar surface area (TPSA) is 144 Å². The number of fused-ring (bicyclic) bond motifs is 1. The summed E-state index contributed by atoms with van der Waals surface area (Å²) in [5, 5.41) is 0. The Morgan fingerprint density at radius 3 is 2.81 bits per heavy atom. The van der Waals surface area contributed by atoms with Crippen LogP contribution in [0.3, 0.4) is 0 Å². The number of ether oxygens (including phenoxy) is 1. The van der Waals surface area contributed by atoms with Gasteiger partial charge in [0.25, 0.3) is 5.56 Å². The first kappa shape index (κ1) is 18.6. The lowest BCUT2D eigenvalue weighted by molar-refractivity contribution is 0.0924. The summed E-state index contributed by atoms with van der Waals surface area (Å²) in [6.07, 6.45) is 0.337. The van der Waals surface area contributed by atoms with Gasteiger partial charge in [-0.25, -0.2) is 9.55 Å². The van der Waals surface area contributed by atoms with Gasteiger partial charge < -0.3 is 10.5 Å². The Morgan fingerprint density at radius 1 is 1.46 bits per heavy atom. The highest BCUT2D eigenvalue weighted by molar-refractivity contribution is 7.48. The number of nitrogen functional groups attached to an aromatic ring is 1. The van der Waals surface area contributed by atoms with Gasteiger partial charge in [0.2, 0.25) is 5.95 Å². The van der Waals surface area contributed by atoms with E-state index in [4.69, 9.17) is 24.0 Å². The molecule has 2 aromatic rings. The van der Waals surface area contributed by atoms with E-state index in [1.165, 1.54) is 6.33 Å². The van der Waals surface area contributed by atoms with E-state index in [1.54, 1.807) is 18.4 Å². The molecule has 2 atom stereocenters. The van der Waals surface area contributed by atoms with E-state index in [1.807, 2.05) is 0 Å². The second kappa shape index (κ2) is 7.20. The predicted octanol–water partition coefficient (Wildman–Crippen LogP) is 1.70. The van der Waals surface area contributed by atoms with Crippen LogP contribution in [0.25, 0.3) is 11.2 Å². The lowest BCUT2D eigenvalue weighted by atomic mass is 10.2. The summed E-state index contributed by atoms with van der Waals surface area (Å²) in [5.41, 5.74) is 5.54. The zero-order valence-electron chi connectivity index (χ0n) is 14.4. The molecule has 1 fully saturated rings. The van der Waals surface area contributed by atoms with Crippen LogP contribution in [0.5, 0.6) is 0 Å². The molecule has 0 amide bonds. The number of anilines is 1. The summed E-state index contributed by atoms with van der Waals surface area (Å²) < 4.78 is 35.6. The van der Waals surface area contributed by atoms with Crippen molar-refractivity contribution in [3.05, 3.63) is 29.0 Å². The molecule has 12 heteroatoms. The van der Waals surface area contributed by atoms with Crippen molar-refractivity contribution in [3.8, 4) is 0 Å². The molecule has 1 aliphatic rings. The maximum atomic E-state index is 12.6. The zero-order valence-corrected chi connectivity index (χ0v) is 15.3. The van der Waals surface area contributed by atoms with Crippen LogP contribution >= 0.6 is 7.82 Å². The average molecular weight is 385 g/mol. The van der Waals surface area contributed by atoms with Gasteiger partial charge in [-0.2, -0.15) is 4.98 Å². The van der Waals surface area contributed by atoms with Crippen LogP contribution in [0.15, 0.2) is 23.5 Å².